The molecular formula is C27H21F2N5OS. The number of nitrogens with one attached hydrogen (secondary N) is 1. The molecule has 0 saturated heterocycles. The summed E-state index contributed by atoms with van der Waals surface area (Å²) in [6.45, 7) is 20.5. The van der Waals surface area contributed by atoms with E-state index in [1.54, 1.807) is 37.6 Å². The fourth-order valence-corrected chi connectivity index (χ4v) is 4.85. The van der Waals surface area contributed by atoms with Crippen LogP contribution in [0.4, 0.5) is 20.2 Å². The topological polar surface area (TPSA) is 55.6 Å². The van der Waals surface area contributed by atoms with Gasteiger partial charge in [0.25, 0.3) is 5.91 Å². The second-order valence-corrected chi connectivity index (χ2v) is 9.10. The number of hydrogen-bond donors (Lipinski definition) is 1. The van der Waals surface area contributed by atoms with Crippen LogP contribution in [0.2, 0.25) is 0 Å². The molecule has 0 bridgehead atoms. The summed E-state index contributed by atoms with van der Waals surface area (Å²) in [5, 5.41) is 2.72. The molecule has 0 saturated carbocycles. The summed E-state index contributed by atoms with van der Waals surface area (Å²) in [5.41, 5.74) is 6.10. The van der Waals surface area contributed by atoms with Gasteiger partial charge in [-0.1, -0.05) is 24.3 Å². The van der Waals surface area contributed by atoms with Crippen molar-refractivity contribution in [3.63, 3.8) is 0 Å². The predicted molar refractivity (Wildman–Crippen MR) is 135 cm³/mol. The summed E-state index contributed by atoms with van der Waals surface area (Å²) in [4.78, 5) is 23.7. The first-order valence-corrected chi connectivity index (χ1v) is 11.8. The summed E-state index contributed by atoms with van der Waals surface area (Å²) < 4.78 is 31.1. The van der Waals surface area contributed by atoms with Crippen LogP contribution in [-0.4, -0.2) is 15.5 Å². The lowest BCUT2D eigenvalue weighted by Gasteiger charge is -2.13. The SMILES string of the molecule is [C-]#[N+]c1ccc(-c2c([N+]#[C-])c(C)n(Cc3ccc(CNC(=O)c4scnc4C)c(F)c3)c2C)cc1F. The van der Waals surface area contributed by atoms with Crippen LogP contribution in [0, 0.1) is 45.5 Å². The Balaban J connectivity index is 1.58. The van der Waals surface area contributed by atoms with Gasteiger partial charge in [-0.2, -0.15) is 0 Å². The number of halogens is 2. The second kappa shape index (κ2) is 10.1. The molecule has 2 aromatic heterocycles. The normalized spacial score (nSPS) is 10.6. The number of carbonyl (C=O) groups excluding carboxylic acids is 1. The minimum atomic E-state index is -0.640. The van der Waals surface area contributed by atoms with Crippen LogP contribution in [-0.2, 0) is 13.1 Å². The average molecular weight is 502 g/mol. The van der Waals surface area contributed by atoms with Crippen molar-refractivity contribution in [1.82, 2.24) is 14.9 Å². The summed E-state index contributed by atoms with van der Waals surface area (Å²) >= 11 is 1.23. The lowest BCUT2D eigenvalue weighted by Crippen LogP contribution is -2.23. The first kappa shape index (κ1) is 24.8. The maximum absolute atomic E-state index is 14.9. The summed E-state index contributed by atoms with van der Waals surface area (Å²) in [7, 11) is 0. The molecule has 1 N–H and O–H groups in total. The van der Waals surface area contributed by atoms with Crippen LogP contribution in [0.1, 0.15) is 37.9 Å². The van der Waals surface area contributed by atoms with Gasteiger partial charge in [-0.15, -0.1) is 11.3 Å². The highest BCUT2D eigenvalue weighted by Gasteiger charge is 2.21. The van der Waals surface area contributed by atoms with Gasteiger partial charge in [0, 0.05) is 35.6 Å². The maximum Gasteiger partial charge on any atom is 0.263 e. The van der Waals surface area contributed by atoms with Crippen molar-refractivity contribution in [2.75, 3.05) is 0 Å². The van der Waals surface area contributed by atoms with E-state index in [1.165, 1.54) is 29.5 Å². The molecule has 6 nitrogen and oxygen atoms in total. The predicted octanol–water partition coefficient (Wildman–Crippen LogP) is 6.89. The molecule has 0 atom stereocenters. The zero-order valence-electron chi connectivity index (χ0n) is 19.8. The maximum atomic E-state index is 14.9. The van der Waals surface area contributed by atoms with Crippen molar-refractivity contribution in [2.45, 2.75) is 33.9 Å². The highest BCUT2D eigenvalue weighted by Crippen LogP contribution is 2.40. The number of nitrogens with zero attached hydrogens (tertiary/aromatic N) is 4. The van der Waals surface area contributed by atoms with Crippen LogP contribution < -0.4 is 5.32 Å². The van der Waals surface area contributed by atoms with Crippen molar-refractivity contribution in [3.05, 3.63) is 109 Å². The molecule has 36 heavy (non-hydrogen) atoms. The van der Waals surface area contributed by atoms with Gasteiger partial charge in [0.1, 0.15) is 16.5 Å². The molecule has 0 unspecified atom stereocenters. The zero-order chi connectivity index (χ0) is 26.0. The molecule has 0 aliphatic heterocycles. The van der Waals surface area contributed by atoms with E-state index in [1.807, 2.05) is 11.5 Å². The fourth-order valence-electron chi connectivity index (χ4n) is 4.13. The lowest BCUT2D eigenvalue weighted by atomic mass is 10.0. The van der Waals surface area contributed by atoms with Crippen molar-refractivity contribution < 1.29 is 13.6 Å². The van der Waals surface area contributed by atoms with Crippen molar-refractivity contribution in [2.24, 2.45) is 0 Å². The molecule has 0 spiro atoms. The summed E-state index contributed by atoms with van der Waals surface area (Å²) in [5.74, 6) is -1.38. The van der Waals surface area contributed by atoms with E-state index < -0.39 is 11.6 Å². The van der Waals surface area contributed by atoms with Crippen molar-refractivity contribution in [3.8, 4) is 11.1 Å². The smallest absolute Gasteiger partial charge is 0.263 e. The van der Waals surface area contributed by atoms with E-state index in [4.69, 9.17) is 13.1 Å². The number of aryl methyl sites for hydroxylation is 1. The lowest BCUT2D eigenvalue weighted by molar-refractivity contribution is 0.0954. The van der Waals surface area contributed by atoms with E-state index in [0.717, 1.165) is 5.69 Å². The number of aromatic nitrogens is 2. The van der Waals surface area contributed by atoms with E-state index in [0.29, 0.717) is 50.8 Å². The Bertz CT molecular complexity index is 1570. The van der Waals surface area contributed by atoms with Gasteiger partial charge in [-0.25, -0.2) is 23.5 Å². The van der Waals surface area contributed by atoms with E-state index >= 15 is 0 Å². The van der Waals surface area contributed by atoms with Crippen LogP contribution >= 0.6 is 11.3 Å². The fraction of sp³-hybridized carbons (Fsp3) is 0.185. The Labute approximate surface area is 211 Å². The molecule has 180 valence electrons. The van der Waals surface area contributed by atoms with Crippen LogP contribution in [0.25, 0.3) is 20.8 Å². The largest absolute Gasteiger partial charge is 0.355 e. The van der Waals surface area contributed by atoms with Crippen molar-refractivity contribution in [1.29, 1.82) is 0 Å². The number of carbonyl (C=O) groups is 1. The van der Waals surface area contributed by atoms with Gasteiger partial charge in [0.2, 0.25) is 11.4 Å². The molecule has 4 aromatic rings. The second-order valence-electron chi connectivity index (χ2n) is 8.25. The number of thiazole rings is 1. The standard InChI is InChI=1S/C27H21F2N5OS/c1-15-26(36-14-33-15)27(35)32-12-20-7-6-18(10-21(20)28)13-34-16(2)24(25(31-5)17(34)3)19-8-9-23(30-4)22(29)11-19/h6-11,14H,12-13H2,1-3H3,(H,32,35). The quantitative estimate of drug-likeness (QED) is 0.292. The van der Waals surface area contributed by atoms with Crippen LogP contribution in [0.3, 0.4) is 0 Å². The zero-order valence-corrected chi connectivity index (χ0v) is 20.6. The van der Waals surface area contributed by atoms with Crippen molar-refractivity contribution >= 4 is 28.6 Å². The molecule has 4 rings (SSSR count). The monoisotopic (exact) mass is 501 g/mol. The summed E-state index contributed by atoms with van der Waals surface area (Å²) in [6.07, 6.45) is 0. The molecule has 2 heterocycles. The van der Waals surface area contributed by atoms with E-state index in [2.05, 4.69) is 20.0 Å². The molecule has 1 amide bonds. The molecule has 0 aliphatic carbocycles. The van der Waals surface area contributed by atoms with Gasteiger partial charge in [-0.05, 0) is 44.0 Å². The minimum Gasteiger partial charge on any atom is -0.355 e. The Morgan fingerprint density at radius 1 is 1.06 bits per heavy atom. The Hall–Kier alpha value is -4.34. The minimum absolute atomic E-state index is 0.0437. The Kier molecular flexibility index (Phi) is 6.96. The summed E-state index contributed by atoms with van der Waals surface area (Å²) in [6, 6.07) is 9.13. The van der Waals surface area contributed by atoms with Gasteiger partial charge in [0.15, 0.2) is 0 Å². The van der Waals surface area contributed by atoms with Gasteiger partial charge in [0.05, 0.1) is 24.3 Å². The first-order valence-electron chi connectivity index (χ1n) is 10.9. The molecule has 9 heteroatoms. The number of hydrogen-bond acceptors (Lipinski definition) is 3. The molecular weight excluding hydrogens is 480 g/mol. The number of rotatable bonds is 6. The molecule has 2 aromatic carbocycles. The third kappa shape index (κ3) is 4.61. The molecule has 0 aliphatic rings. The third-order valence-corrected chi connectivity index (χ3v) is 7.00. The molecule has 0 radical (unpaired) electrons. The highest BCUT2D eigenvalue weighted by molar-refractivity contribution is 7.11. The Morgan fingerprint density at radius 2 is 1.83 bits per heavy atom. The average Bonchev–Trinajstić information content (AvgIpc) is 3.39. The Morgan fingerprint density at radius 3 is 2.44 bits per heavy atom. The van der Waals surface area contributed by atoms with E-state index in [-0.39, 0.29) is 18.1 Å². The van der Waals surface area contributed by atoms with Gasteiger partial charge < -0.3 is 9.88 Å². The van der Waals surface area contributed by atoms with Crippen LogP contribution in [0.15, 0.2) is 41.9 Å². The first-order chi connectivity index (χ1) is 17.2. The number of amides is 1. The van der Waals surface area contributed by atoms with Gasteiger partial charge >= 0.3 is 0 Å². The van der Waals surface area contributed by atoms with E-state index in [9.17, 15) is 13.6 Å². The number of benzene rings is 2. The molecule has 0 fully saturated rings. The van der Waals surface area contributed by atoms with Crippen LogP contribution in [0.5, 0.6) is 0 Å². The highest BCUT2D eigenvalue weighted by atomic mass is 32.1. The van der Waals surface area contributed by atoms with Gasteiger partial charge in [-0.3, -0.25) is 4.79 Å². The third-order valence-electron chi connectivity index (χ3n) is 6.07.